The van der Waals surface area contributed by atoms with Gasteiger partial charge in [-0.15, -0.1) is 0 Å². The zero-order valence-corrected chi connectivity index (χ0v) is 12.2. The van der Waals surface area contributed by atoms with Crippen molar-refractivity contribution in [1.82, 2.24) is 14.1 Å². The minimum absolute atomic E-state index is 0.294. The third-order valence-corrected chi connectivity index (χ3v) is 4.12. The van der Waals surface area contributed by atoms with E-state index in [0.29, 0.717) is 10.9 Å². The molecule has 0 saturated heterocycles. The first kappa shape index (κ1) is 13.5. The van der Waals surface area contributed by atoms with Gasteiger partial charge in [0.15, 0.2) is 5.82 Å². The summed E-state index contributed by atoms with van der Waals surface area (Å²) in [6, 6.07) is 8.72. The van der Waals surface area contributed by atoms with Crippen LogP contribution in [-0.4, -0.2) is 25.2 Å². The Morgan fingerprint density at radius 3 is 2.74 bits per heavy atom. The van der Waals surface area contributed by atoms with Crippen LogP contribution in [0.5, 0.6) is 0 Å². The van der Waals surface area contributed by atoms with E-state index in [9.17, 15) is 9.18 Å². The van der Waals surface area contributed by atoms with Crippen molar-refractivity contribution < 1.29 is 14.3 Å². The minimum Gasteiger partial charge on any atom is -0.478 e. The molecule has 2 aromatic heterocycles. The fourth-order valence-corrected chi connectivity index (χ4v) is 3.00. The SMILES string of the molecule is Cn1c2ccc(-n3ccnc3)cc2c2ccc(C(=O)O)c(F)c21. The number of halogens is 1. The Balaban J connectivity index is 2.09. The van der Waals surface area contributed by atoms with Crippen LogP contribution in [0.25, 0.3) is 27.5 Å². The van der Waals surface area contributed by atoms with Crippen LogP contribution in [0.3, 0.4) is 0 Å². The molecule has 1 N–H and O–H groups in total. The molecule has 4 rings (SSSR count). The number of aryl methyl sites for hydroxylation is 1. The van der Waals surface area contributed by atoms with Crippen LogP contribution >= 0.6 is 0 Å². The van der Waals surface area contributed by atoms with Crippen LogP contribution in [-0.2, 0) is 7.05 Å². The van der Waals surface area contributed by atoms with E-state index >= 15 is 0 Å². The molecule has 0 spiro atoms. The second kappa shape index (κ2) is 4.67. The number of carboxylic acids is 1. The smallest absolute Gasteiger partial charge is 0.338 e. The highest BCUT2D eigenvalue weighted by Gasteiger charge is 2.19. The van der Waals surface area contributed by atoms with Crippen LogP contribution in [0.4, 0.5) is 4.39 Å². The van der Waals surface area contributed by atoms with Gasteiger partial charge in [-0.05, 0) is 24.3 Å². The fraction of sp³-hybridized carbons (Fsp3) is 0.0588. The highest BCUT2D eigenvalue weighted by atomic mass is 19.1. The van der Waals surface area contributed by atoms with E-state index in [4.69, 9.17) is 5.11 Å². The van der Waals surface area contributed by atoms with E-state index in [1.807, 2.05) is 29.0 Å². The molecule has 6 heteroatoms. The van der Waals surface area contributed by atoms with Crippen molar-refractivity contribution in [3.05, 3.63) is 60.4 Å². The van der Waals surface area contributed by atoms with Crippen molar-refractivity contribution in [3.8, 4) is 5.69 Å². The molecule has 114 valence electrons. The summed E-state index contributed by atoms with van der Waals surface area (Å²) < 4.78 is 18.1. The van der Waals surface area contributed by atoms with Crippen LogP contribution in [0.2, 0.25) is 0 Å². The second-order valence-corrected chi connectivity index (χ2v) is 5.36. The normalized spacial score (nSPS) is 11.4. The second-order valence-electron chi connectivity index (χ2n) is 5.36. The molecule has 0 saturated carbocycles. The summed E-state index contributed by atoms with van der Waals surface area (Å²) in [6.07, 6.45) is 5.21. The monoisotopic (exact) mass is 309 g/mol. The summed E-state index contributed by atoms with van der Waals surface area (Å²) in [4.78, 5) is 15.2. The molecule has 0 fully saturated rings. The van der Waals surface area contributed by atoms with Gasteiger partial charge in [0.25, 0.3) is 0 Å². The molecule has 23 heavy (non-hydrogen) atoms. The molecule has 2 aromatic carbocycles. The van der Waals surface area contributed by atoms with Gasteiger partial charge >= 0.3 is 5.97 Å². The lowest BCUT2D eigenvalue weighted by atomic mass is 10.1. The lowest BCUT2D eigenvalue weighted by Crippen LogP contribution is -2.02. The highest BCUT2D eigenvalue weighted by Crippen LogP contribution is 2.32. The third-order valence-electron chi connectivity index (χ3n) is 4.12. The number of nitrogens with zero attached hydrogens (tertiary/aromatic N) is 3. The van der Waals surface area contributed by atoms with Crippen molar-refractivity contribution in [3.63, 3.8) is 0 Å². The zero-order valence-electron chi connectivity index (χ0n) is 12.2. The number of benzene rings is 2. The maximum atomic E-state index is 14.6. The first-order valence-corrected chi connectivity index (χ1v) is 7.00. The molecule has 0 aliphatic carbocycles. The van der Waals surface area contributed by atoms with E-state index in [-0.39, 0.29) is 5.56 Å². The fourth-order valence-electron chi connectivity index (χ4n) is 3.00. The molecule has 5 nitrogen and oxygen atoms in total. The third kappa shape index (κ3) is 1.85. The van der Waals surface area contributed by atoms with Crippen LogP contribution in [0.1, 0.15) is 10.4 Å². The van der Waals surface area contributed by atoms with Gasteiger partial charge in [-0.1, -0.05) is 6.07 Å². The Labute approximate surface area is 130 Å². The molecule has 4 aromatic rings. The van der Waals surface area contributed by atoms with Gasteiger partial charge in [-0.2, -0.15) is 0 Å². The number of hydrogen-bond donors (Lipinski definition) is 1. The van der Waals surface area contributed by atoms with Crippen LogP contribution in [0, 0.1) is 5.82 Å². The highest BCUT2D eigenvalue weighted by molar-refractivity contribution is 6.10. The quantitative estimate of drug-likeness (QED) is 0.617. The average Bonchev–Trinajstić information content (AvgIpc) is 3.15. The maximum Gasteiger partial charge on any atom is 0.338 e. The Bertz CT molecular complexity index is 1060. The van der Waals surface area contributed by atoms with E-state index in [2.05, 4.69) is 4.98 Å². The number of imidazole rings is 1. The predicted octanol–water partition coefficient (Wildman–Crippen LogP) is 3.35. The molecule has 0 bridgehead atoms. The van der Waals surface area contributed by atoms with E-state index in [0.717, 1.165) is 16.6 Å². The van der Waals surface area contributed by atoms with Crippen LogP contribution < -0.4 is 0 Å². The molecule has 0 radical (unpaired) electrons. The summed E-state index contributed by atoms with van der Waals surface area (Å²) in [5.41, 5.74) is 1.72. The maximum absolute atomic E-state index is 14.6. The number of rotatable bonds is 2. The summed E-state index contributed by atoms with van der Waals surface area (Å²) in [6.45, 7) is 0. The number of aromatic carboxylic acids is 1. The molecule has 2 heterocycles. The number of hydrogen-bond acceptors (Lipinski definition) is 2. The lowest BCUT2D eigenvalue weighted by molar-refractivity contribution is 0.0692. The molecule has 0 aliphatic heterocycles. The van der Waals surface area contributed by atoms with E-state index in [1.165, 1.54) is 6.07 Å². The van der Waals surface area contributed by atoms with Crippen LogP contribution in [0.15, 0.2) is 49.1 Å². The molecule has 0 atom stereocenters. The first-order valence-electron chi connectivity index (χ1n) is 7.00. The molecule has 0 aliphatic rings. The van der Waals surface area contributed by atoms with Crippen molar-refractivity contribution in [1.29, 1.82) is 0 Å². The summed E-state index contributed by atoms with van der Waals surface area (Å²) in [7, 11) is 1.73. The summed E-state index contributed by atoms with van der Waals surface area (Å²) in [5, 5.41) is 10.7. The van der Waals surface area contributed by atoms with Gasteiger partial charge in [-0.3, -0.25) is 0 Å². The first-order chi connectivity index (χ1) is 11.1. The molecular formula is C17H12FN3O2. The van der Waals surface area contributed by atoms with Crippen molar-refractivity contribution in [2.75, 3.05) is 0 Å². The number of aromatic nitrogens is 3. The summed E-state index contributed by atoms with van der Waals surface area (Å²) in [5.74, 6) is -1.98. The summed E-state index contributed by atoms with van der Waals surface area (Å²) >= 11 is 0. The predicted molar refractivity (Wildman–Crippen MR) is 84.5 cm³/mol. The largest absolute Gasteiger partial charge is 0.478 e. The van der Waals surface area contributed by atoms with Gasteiger partial charge in [-0.25, -0.2) is 14.2 Å². The topological polar surface area (TPSA) is 60.0 Å². The molecule has 0 unspecified atom stereocenters. The lowest BCUT2D eigenvalue weighted by Gasteiger charge is -2.03. The number of fused-ring (bicyclic) bond motifs is 3. The van der Waals surface area contributed by atoms with E-state index in [1.54, 1.807) is 30.2 Å². The average molecular weight is 309 g/mol. The van der Waals surface area contributed by atoms with Gasteiger partial charge < -0.3 is 14.2 Å². The molecular weight excluding hydrogens is 297 g/mol. The Morgan fingerprint density at radius 2 is 2.04 bits per heavy atom. The van der Waals surface area contributed by atoms with Gasteiger partial charge in [0.05, 0.1) is 17.4 Å². The Kier molecular flexibility index (Phi) is 2.74. The molecule has 0 amide bonds. The van der Waals surface area contributed by atoms with E-state index < -0.39 is 11.8 Å². The number of carbonyl (C=O) groups is 1. The van der Waals surface area contributed by atoms with Crippen molar-refractivity contribution in [2.24, 2.45) is 7.05 Å². The standard InChI is InChI=1S/C17H12FN3O2/c1-20-14-5-2-10(21-7-6-19-9-21)8-13(14)11-3-4-12(17(22)23)15(18)16(11)20/h2-9H,1H3,(H,22,23). The minimum atomic E-state index is -1.27. The Morgan fingerprint density at radius 1 is 1.22 bits per heavy atom. The van der Waals surface area contributed by atoms with Crippen molar-refractivity contribution >= 4 is 27.8 Å². The van der Waals surface area contributed by atoms with Gasteiger partial charge in [0.1, 0.15) is 0 Å². The van der Waals surface area contributed by atoms with Gasteiger partial charge in [0, 0.05) is 41.4 Å². The zero-order chi connectivity index (χ0) is 16.1. The van der Waals surface area contributed by atoms with Crippen molar-refractivity contribution in [2.45, 2.75) is 0 Å². The Hall–Kier alpha value is -3.15. The number of carboxylic acid groups (broad SMARTS) is 1. The van der Waals surface area contributed by atoms with Gasteiger partial charge in [0.2, 0.25) is 0 Å².